The normalized spacial score (nSPS) is 11.9. The van der Waals surface area contributed by atoms with Crippen molar-refractivity contribution in [1.82, 2.24) is 0 Å². The third kappa shape index (κ3) is 3.06. The van der Waals surface area contributed by atoms with Crippen molar-refractivity contribution in [3.8, 4) is 0 Å². The highest BCUT2D eigenvalue weighted by molar-refractivity contribution is 9.10. The van der Waals surface area contributed by atoms with Crippen molar-refractivity contribution in [2.45, 2.75) is 13.0 Å². The van der Waals surface area contributed by atoms with Crippen LogP contribution in [0.2, 0.25) is 0 Å². The zero-order chi connectivity index (χ0) is 11.4. The molecular weight excluding hydrogens is 262 g/mol. The van der Waals surface area contributed by atoms with Gasteiger partial charge in [-0.1, -0.05) is 12.1 Å². The number of hydrogen-bond acceptors (Lipinski definition) is 3. The van der Waals surface area contributed by atoms with Gasteiger partial charge in [-0.2, -0.15) is 0 Å². The van der Waals surface area contributed by atoms with Crippen LogP contribution in [0.25, 0.3) is 0 Å². The molecule has 0 heterocycles. The average Bonchev–Trinajstić information content (AvgIpc) is 2.18. The lowest BCUT2D eigenvalue weighted by Gasteiger charge is -2.10. The largest absolute Gasteiger partial charge is 0.449 e. The Balaban J connectivity index is 2.78. The van der Waals surface area contributed by atoms with Gasteiger partial charge in [0.05, 0.1) is 5.56 Å². The van der Waals surface area contributed by atoms with Gasteiger partial charge in [-0.15, -0.1) is 0 Å². The van der Waals surface area contributed by atoms with Crippen LogP contribution < -0.4 is 5.73 Å². The number of hydrogen-bond donors (Lipinski definition) is 1. The quantitative estimate of drug-likeness (QED) is 0.847. The molecule has 2 N–H and O–H groups in total. The van der Waals surface area contributed by atoms with Gasteiger partial charge >= 0.3 is 5.97 Å². The standard InChI is InChI=1S/C10H10BrNO3/c1-6(9(12)13)15-10(14)7-4-2-3-5-8(7)11/h2-6H,1H3,(H2,12,13)/t6-/m1/s1. The Bertz CT molecular complexity index is 392. The number of nitrogens with two attached hydrogens (primary N) is 1. The summed E-state index contributed by atoms with van der Waals surface area (Å²) in [6.07, 6.45) is -0.926. The van der Waals surface area contributed by atoms with E-state index >= 15 is 0 Å². The van der Waals surface area contributed by atoms with Crippen molar-refractivity contribution in [2.75, 3.05) is 0 Å². The van der Waals surface area contributed by atoms with Crippen LogP contribution in [0.4, 0.5) is 0 Å². The number of amides is 1. The minimum absolute atomic E-state index is 0.366. The number of rotatable bonds is 3. The predicted molar refractivity (Wildman–Crippen MR) is 58.2 cm³/mol. The van der Waals surface area contributed by atoms with Gasteiger partial charge in [-0.25, -0.2) is 4.79 Å². The van der Waals surface area contributed by atoms with Crippen LogP contribution in [0.3, 0.4) is 0 Å². The van der Waals surface area contributed by atoms with Gasteiger partial charge in [0.25, 0.3) is 5.91 Å². The summed E-state index contributed by atoms with van der Waals surface area (Å²) in [5, 5.41) is 0. The molecule has 5 heteroatoms. The molecule has 0 bridgehead atoms. The SMILES string of the molecule is C[C@@H](OC(=O)c1ccccc1Br)C(N)=O. The van der Waals surface area contributed by atoms with E-state index in [4.69, 9.17) is 10.5 Å². The van der Waals surface area contributed by atoms with Gasteiger partial charge in [-0.05, 0) is 35.0 Å². The minimum Gasteiger partial charge on any atom is -0.449 e. The first-order chi connectivity index (χ1) is 7.02. The first-order valence-electron chi connectivity index (χ1n) is 4.27. The number of primary amides is 1. The fourth-order valence-corrected chi connectivity index (χ4v) is 1.36. The van der Waals surface area contributed by atoms with E-state index in [9.17, 15) is 9.59 Å². The predicted octanol–water partition coefficient (Wildman–Crippen LogP) is 1.48. The number of carbonyl (C=O) groups excluding carboxylic acids is 2. The van der Waals surface area contributed by atoms with Crippen molar-refractivity contribution in [2.24, 2.45) is 5.73 Å². The summed E-state index contributed by atoms with van der Waals surface area (Å²) in [4.78, 5) is 22.2. The van der Waals surface area contributed by atoms with Crippen LogP contribution >= 0.6 is 15.9 Å². The second-order valence-corrected chi connectivity index (χ2v) is 3.78. The summed E-state index contributed by atoms with van der Waals surface area (Å²) in [7, 11) is 0. The molecule has 15 heavy (non-hydrogen) atoms. The number of ether oxygens (including phenoxy) is 1. The molecular formula is C10H10BrNO3. The maximum absolute atomic E-state index is 11.5. The summed E-state index contributed by atoms with van der Waals surface area (Å²) in [6.45, 7) is 1.43. The molecule has 0 fully saturated rings. The molecule has 1 aromatic rings. The monoisotopic (exact) mass is 271 g/mol. The van der Waals surface area contributed by atoms with E-state index in [2.05, 4.69) is 15.9 Å². The van der Waals surface area contributed by atoms with E-state index in [0.717, 1.165) is 0 Å². The molecule has 1 amide bonds. The van der Waals surface area contributed by atoms with E-state index in [1.807, 2.05) is 0 Å². The van der Waals surface area contributed by atoms with Gasteiger partial charge in [0, 0.05) is 4.47 Å². The highest BCUT2D eigenvalue weighted by atomic mass is 79.9. The van der Waals surface area contributed by atoms with Gasteiger partial charge in [0.15, 0.2) is 6.10 Å². The van der Waals surface area contributed by atoms with Gasteiger partial charge in [0.2, 0.25) is 0 Å². The molecule has 0 aliphatic carbocycles. The second kappa shape index (κ2) is 4.93. The Hall–Kier alpha value is -1.36. The third-order valence-corrected chi connectivity index (χ3v) is 2.47. The van der Waals surface area contributed by atoms with E-state index in [1.54, 1.807) is 24.3 Å². The molecule has 1 rings (SSSR count). The zero-order valence-corrected chi connectivity index (χ0v) is 9.65. The summed E-state index contributed by atoms with van der Waals surface area (Å²) in [5.74, 6) is -1.25. The maximum atomic E-state index is 11.5. The van der Waals surface area contributed by atoms with Crippen molar-refractivity contribution in [1.29, 1.82) is 0 Å². The van der Waals surface area contributed by atoms with Crippen molar-refractivity contribution >= 4 is 27.8 Å². The maximum Gasteiger partial charge on any atom is 0.340 e. The lowest BCUT2D eigenvalue weighted by molar-refractivity contribution is -0.125. The molecule has 0 saturated carbocycles. The molecule has 0 aromatic heterocycles. The third-order valence-electron chi connectivity index (χ3n) is 1.78. The molecule has 0 aliphatic heterocycles. The Kier molecular flexibility index (Phi) is 3.85. The highest BCUT2D eigenvalue weighted by Gasteiger charge is 2.17. The van der Waals surface area contributed by atoms with Crippen molar-refractivity contribution < 1.29 is 14.3 Å². The van der Waals surface area contributed by atoms with Crippen LogP contribution in [0.5, 0.6) is 0 Å². The molecule has 80 valence electrons. The van der Waals surface area contributed by atoms with Crippen LogP contribution in [0, 0.1) is 0 Å². The Morgan fingerprint density at radius 1 is 1.40 bits per heavy atom. The number of benzene rings is 1. The minimum atomic E-state index is -0.926. The molecule has 4 nitrogen and oxygen atoms in total. The first-order valence-corrected chi connectivity index (χ1v) is 5.06. The fourth-order valence-electron chi connectivity index (χ4n) is 0.909. The lowest BCUT2D eigenvalue weighted by atomic mass is 10.2. The van der Waals surface area contributed by atoms with Crippen LogP contribution in [-0.2, 0) is 9.53 Å². The van der Waals surface area contributed by atoms with E-state index in [-0.39, 0.29) is 0 Å². The lowest BCUT2D eigenvalue weighted by Crippen LogP contribution is -2.30. The number of halogens is 1. The molecule has 0 saturated heterocycles. The van der Waals surface area contributed by atoms with Crippen LogP contribution in [0.15, 0.2) is 28.7 Å². The summed E-state index contributed by atoms with van der Waals surface area (Å²) < 4.78 is 5.45. The fraction of sp³-hybridized carbons (Fsp3) is 0.200. The van der Waals surface area contributed by atoms with E-state index in [1.165, 1.54) is 6.92 Å². The van der Waals surface area contributed by atoms with Gasteiger partial charge in [0.1, 0.15) is 0 Å². The van der Waals surface area contributed by atoms with E-state index in [0.29, 0.717) is 10.0 Å². The molecule has 0 spiro atoms. The smallest absolute Gasteiger partial charge is 0.340 e. The second-order valence-electron chi connectivity index (χ2n) is 2.93. The first kappa shape index (κ1) is 11.7. The molecule has 0 radical (unpaired) electrons. The van der Waals surface area contributed by atoms with E-state index < -0.39 is 18.0 Å². The highest BCUT2D eigenvalue weighted by Crippen LogP contribution is 2.17. The Morgan fingerprint density at radius 3 is 2.53 bits per heavy atom. The average molecular weight is 272 g/mol. The molecule has 0 aliphatic rings. The summed E-state index contributed by atoms with van der Waals surface area (Å²) in [5.41, 5.74) is 5.34. The molecule has 0 unspecified atom stereocenters. The van der Waals surface area contributed by atoms with Crippen LogP contribution in [0.1, 0.15) is 17.3 Å². The summed E-state index contributed by atoms with van der Waals surface area (Å²) >= 11 is 3.21. The topological polar surface area (TPSA) is 69.4 Å². The Labute approximate surface area is 95.5 Å². The van der Waals surface area contributed by atoms with Gasteiger partial charge in [-0.3, -0.25) is 4.79 Å². The Morgan fingerprint density at radius 2 is 2.00 bits per heavy atom. The number of carbonyl (C=O) groups is 2. The van der Waals surface area contributed by atoms with Gasteiger partial charge < -0.3 is 10.5 Å². The van der Waals surface area contributed by atoms with Crippen LogP contribution in [-0.4, -0.2) is 18.0 Å². The number of esters is 1. The van der Waals surface area contributed by atoms with Crippen molar-refractivity contribution in [3.05, 3.63) is 34.3 Å². The molecule has 1 aromatic carbocycles. The molecule has 1 atom stereocenters. The summed E-state index contributed by atoms with van der Waals surface area (Å²) in [6, 6.07) is 6.79. The zero-order valence-electron chi connectivity index (χ0n) is 8.07. The van der Waals surface area contributed by atoms with Crippen molar-refractivity contribution in [3.63, 3.8) is 0 Å².